The minimum Gasteiger partial charge on any atom is -0.429 e. The third-order valence-electron chi connectivity index (χ3n) is 7.39. The summed E-state index contributed by atoms with van der Waals surface area (Å²) in [5, 5.41) is 9.84. The van der Waals surface area contributed by atoms with Crippen LogP contribution >= 0.6 is 0 Å². The second kappa shape index (κ2) is 5.77. The zero-order chi connectivity index (χ0) is 16.8. The van der Waals surface area contributed by atoms with Crippen molar-refractivity contribution in [3.05, 3.63) is 23.3 Å². The molecule has 0 saturated heterocycles. The molecule has 1 fully saturated rings. The largest absolute Gasteiger partial charge is 0.429 e. The molecule has 0 aromatic heterocycles. The molecule has 1 saturated carbocycles. The lowest BCUT2D eigenvalue weighted by atomic mass is 9.47. The lowest BCUT2D eigenvalue weighted by molar-refractivity contribution is -0.151. The van der Waals surface area contributed by atoms with Gasteiger partial charge in [-0.2, -0.15) is 0 Å². The first-order chi connectivity index (χ1) is 10.8. The highest BCUT2D eigenvalue weighted by atomic mass is 16.6. The Morgan fingerprint density at radius 1 is 1.35 bits per heavy atom. The first kappa shape index (κ1) is 16.8. The standard InChI is InChI=1S/C20H30O3/c1-13-6-5-7-16-19(13,3)10-8-14(2)20(16,4)11-9-15-12-17(21)23-18(15)22/h6,12,14,16,18,22H,5,7-11H2,1-4H3/t14-,16?,18?,19+,20+/m1/s1. The predicted molar refractivity (Wildman–Crippen MR) is 90.5 cm³/mol. The number of cyclic esters (lactones) is 1. The number of hydrogen-bond acceptors (Lipinski definition) is 3. The third kappa shape index (κ3) is 2.67. The van der Waals surface area contributed by atoms with Crippen LogP contribution in [-0.2, 0) is 9.53 Å². The van der Waals surface area contributed by atoms with Crippen LogP contribution < -0.4 is 0 Å². The van der Waals surface area contributed by atoms with Crippen LogP contribution in [-0.4, -0.2) is 17.4 Å². The summed E-state index contributed by atoms with van der Waals surface area (Å²) >= 11 is 0. The van der Waals surface area contributed by atoms with Gasteiger partial charge in [-0.3, -0.25) is 0 Å². The monoisotopic (exact) mass is 318 g/mol. The number of ether oxygens (including phenoxy) is 1. The van der Waals surface area contributed by atoms with Crippen LogP contribution in [0.5, 0.6) is 0 Å². The summed E-state index contributed by atoms with van der Waals surface area (Å²) in [4.78, 5) is 11.3. The van der Waals surface area contributed by atoms with Gasteiger partial charge in [-0.15, -0.1) is 0 Å². The van der Waals surface area contributed by atoms with E-state index in [4.69, 9.17) is 4.74 Å². The van der Waals surface area contributed by atoms with Crippen LogP contribution in [0.2, 0.25) is 0 Å². The number of carbonyl (C=O) groups is 1. The van der Waals surface area contributed by atoms with Crippen LogP contribution in [0.1, 0.15) is 66.2 Å². The van der Waals surface area contributed by atoms with Crippen LogP contribution in [0.15, 0.2) is 23.3 Å². The van der Waals surface area contributed by atoms with E-state index in [1.807, 2.05) is 0 Å². The molecule has 1 N–H and O–H groups in total. The molecule has 0 amide bonds. The highest BCUT2D eigenvalue weighted by Gasteiger charge is 2.53. The molecule has 0 bridgehead atoms. The summed E-state index contributed by atoms with van der Waals surface area (Å²) in [6.07, 6.45) is 9.63. The average Bonchev–Trinajstić information content (AvgIpc) is 2.82. The number of esters is 1. The molecule has 3 heteroatoms. The van der Waals surface area contributed by atoms with Crippen molar-refractivity contribution in [2.75, 3.05) is 0 Å². The summed E-state index contributed by atoms with van der Waals surface area (Å²) in [6, 6.07) is 0. The molecule has 3 nitrogen and oxygen atoms in total. The molecular formula is C20H30O3. The molecule has 128 valence electrons. The Morgan fingerprint density at radius 3 is 2.74 bits per heavy atom. The van der Waals surface area contributed by atoms with Crippen molar-refractivity contribution in [1.29, 1.82) is 0 Å². The minimum atomic E-state index is -1.02. The SMILES string of the molecule is CC1=CCCC2[C@@]1(C)CC[C@@H](C)[C@]2(C)CCC1=CC(=O)OC1O. The smallest absolute Gasteiger partial charge is 0.333 e. The molecular weight excluding hydrogens is 288 g/mol. The Bertz CT molecular complexity index is 561. The summed E-state index contributed by atoms with van der Waals surface area (Å²) in [5.41, 5.74) is 2.87. The van der Waals surface area contributed by atoms with Crippen LogP contribution in [0, 0.1) is 22.7 Å². The molecule has 0 radical (unpaired) electrons. The van der Waals surface area contributed by atoms with Gasteiger partial charge >= 0.3 is 5.97 Å². The normalized spacial score (nSPS) is 43.5. The van der Waals surface area contributed by atoms with Crippen LogP contribution in [0.3, 0.4) is 0 Å². The van der Waals surface area contributed by atoms with Crippen molar-refractivity contribution < 1.29 is 14.6 Å². The fourth-order valence-corrected chi connectivity index (χ4v) is 5.38. The maximum atomic E-state index is 11.3. The predicted octanol–water partition coefficient (Wildman–Crippen LogP) is 4.37. The van der Waals surface area contributed by atoms with E-state index in [0.29, 0.717) is 17.3 Å². The van der Waals surface area contributed by atoms with Gasteiger partial charge in [-0.05, 0) is 68.1 Å². The number of aliphatic hydroxyl groups is 1. The first-order valence-electron chi connectivity index (χ1n) is 9.04. The molecule has 0 aromatic rings. The second-order valence-electron chi connectivity index (χ2n) is 8.39. The molecule has 2 aliphatic carbocycles. The molecule has 5 atom stereocenters. The van der Waals surface area contributed by atoms with Crippen LogP contribution in [0.4, 0.5) is 0 Å². The van der Waals surface area contributed by atoms with E-state index in [0.717, 1.165) is 18.4 Å². The Balaban J connectivity index is 1.82. The van der Waals surface area contributed by atoms with E-state index in [9.17, 15) is 9.90 Å². The number of allylic oxidation sites excluding steroid dienone is 2. The van der Waals surface area contributed by atoms with Crippen molar-refractivity contribution in [2.45, 2.75) is 72.5 Å². The van der Waals surface area contributed by atoms with Gasteiger partial charge in [0.25, 0.3) is 0 Å². The summed E-state index contributed by atoms with van der Waals surface area (Å²) in [7, 11) is 0. The van der Waals surface area contributed by atoms with Gasteiger partial charge in [0.2, 0.25) is 6.29 Å². The Hall–Kier alpha value is -1.09. The van der Waals surface area contributed by atoms with Gasteiger partial charge in [0.1, 0.15) is 0 Å². The maximum absolute atomic E-state index is 11.3. The van der Waals surface area contributed by atoms with Crippen molar-refractivity contribution in [1.82, 2.24) is 0 Å². The molecule has 3 rings (SSSR count). The van der Waals surface area contributed by atoms with E-state index in [1.165, 1.54) is 31.8 Å². The van der Waals surface area contributed by atoms with Gasteiger partial charge in [0.15, 0.2) is 0 Å². The van der Waals surface area contributed by atoms with E-state index in [2.05, 4.69) is 33.8 Å². The lowest BCUT2D eigenvalue weighted by Crippen LogP contribution is -2.49. The quantitative estimate of drug-likeness (QED) is 0.621. The fourth-order valence-electron chi connectivity index (χ4n) is 5.38. The number of carbonyl (C=O) groups excluding carboxylic acids is 1. The van der Waals surface area contributed by atoms with Gasteiger partial charge < -0.3 is 9.84 Å². The molecule has 0 aromatic carbocycles. The van der Waals surface area contributed by atoms with Crippen molar-refractivity contribution >= 4 is 5.97 Å². The molecule has 2 unspecified atom stereocenters. The third-order valence-corrected chi connectivity index (χ3v) is 7.39. The van der Waals surface area contributed by atoms with E-state index in [-0.39, 0.29) is 5.41 Å². The Morgan fingerprint density at radius 2 is 2.09 bits per heavy atom. The first-order valence-corrected chi connectivity index (χ1v) is 9.04. The number of aliphatic hydroxyl groups excluding tert-OH is 1. The van der Waals surface area contributed by atoms with E-state index in [1.54, 1.807) is 5.57 Å². The summed E-state index contributed by atoms with van der Waals surface area (Å²) in [6.45, 7) is 9.57. The van der Waals surface area contributed by atoms with Crippen molar-refractivity contribution in [2.24, 2.45) is 22.7 Å². The average molecular weight is 318 g/mol. The van der Waals surface area contributed by atoms with Crippen molar-refractivity contribution in [3.8, 4) is 0 Å². The zero-order valence-corrected chi connectivity index (χ0v) is 14.9. The number of rotatable bonds is 3. The Labute approximate surface area is 139 Å². The lowest BCUT2D eigenvalue weighted by Gasteiger charge is -2.58. The van der Waals surface area contributed by atoms with Crippen LogP contribution in [0.25, 0.3) is 0 Å². The molecule has 23 heavy (non-hydrogen) atoms. The Kier molecular flexibility index (Phi) is 4.20. The minimum absolute atomic E-state index is 0.245. The number of fused-ring (bicyclic) bond motifs is 1. The summed E-state index contributed by atoms with van der Waals surface area (Å²) < 4.78 is 4.83. The molecule has 1 aliphatic heterocycles. The summed E-state index contributed by atoms with van der Waals surface area (Å²) in [5.74, 6) is 0.942. The highest BCUT2D eigenvalue weighted by molar-refractivity contribution is 5.85. The second-order valence-corrected chi connectivity index (χ2v) is 8.39. The van der Waals surface area contributed by atoms with Gasteiger partial charge in [-0.25, -0.2) is 4.79 Å². The van der Waals surface area contributed by atoms with Gasteiger partial charge in [0, 0.05) is 11.6 Å². The number of hydrogen-bond donors (Lipinski definition) is 1. The highest BCUT2D eigenvalue weighted by Crippen LogP contribution is 2.61. The van der Waals surface area contributed by atoms with Gasteiger partial charge in [0.05, 0.1) is 0 Å². The molecule has 1 heterocycles. The van der Waals surface area contributed by atoms with E-state index < -0.39 is 12.3 Å². The fraction of sp³-hybridized carbons (Fsp3) is 0.750. The zero-order valence-electron chi connectivity index (χ0n) is 14.9. The van der Waals surface area contributed by atoms with Gasteiger partial charge in [-0.1, -0.05) is 32.4 Å². The molecule has 0 spiro atoms. The molecule has 3 aliphatic rings. The maximum Gasteiger partial charge on any atom is 0.333 e. The topological polar surface area (TPSA) is 46.5 Å². The van der Waals surface area contributed by atoms with Crippen molar-refractivity contribution in [3.63, 3.8) is 0 Å². The van der Waals surface area contributed by atoms with E-state index >= 15 is 0 Å².